The molecule has 1 heterocycles. The van der Waals surface area contributed by atoms with Crippen molar-refractivity contribution in [2.45, 2.75) is 32.1 Å². The molecule has 2 heteroatoms. The molecule has 0 aromatic carbocycles. The molecule has 1 aliphatic carbocycles. The van der Waals surface area contributed by atoms with Gasteiger partial charge in [0.05, 0.1) is 6.61 Å². The molecule has 86 valence electrons. The quantitative estimate of drug-likeness (QED) is 0.767. The summed E-state index contributed by atoms with van der Waals surface area (Å²) in [6.07, 6.45) is 12.1. The van der Waals surface area contributed by atoms with Crippen LogP contribution in [0.15, 0.2) is 25.0 Å². The topological polar surface area (TPSA) is 22.1 Å². The maximum absolute atomic E-state index is 5.86. The third-order valence-corrected chi connectivity index (χ3v) is 3.23. The second kappa shape index (κ2) is 5.69. The van der Waals surface area contributed by atoms with E-state index in [4.69, 9.17) is 4.74 Å². The van der Waals surface area contributed by atoms with Crippen LogP contribution in [0.5, 0.6) is 5.75 Å². The summed E-state index contributed by atoms with van der Waals surface area (Å²) >= 11 is 0. The van der Waals surface area contributed by atoms with Gasteiger partial charge in [0.25, 0.3) is 0 Å². The zero-order valence-corrected chi connectivity index (χ0v) is 9.69. The molecule has 1 saturated carbocycles. The smallest absolute Gasteiger partial charge is 0.129 e. The highest BCUT2D eigenvalue weighted by atomic mass is 16.5. The molecule has 16 heavy (non-hydrogen) atoms. The minimum Gasteiger partial charge on any atom is -0.493 e. The van der Waals surface area contributed by atoms with Gasteiger partial charge in [-0.3, -0.25) is 4.98 Å². The molecule has 0 bridgehead atoms. The predicted octanol–water partition coefficient (Wildman–Crippen LogP) is 3.68. The normalized spacial score (nSPS) is 17.0. The molecule has 0 saturated heterocycles. The Morgan fingerprint density at radius 2 is 2.19 bits per heavy atom. The van der Waals surface area contributed by atoms with Crippen LogP contribution in [0, 0.1) is 5.92 Å². The second-order valence-electron chi connectivity index (χ2n) is 4.43. The Hall–Kier alpha value is -1.31. The highest BCUT2D eigenvalue weighted by Crippen LogP contribution is 2.25. The van der Waals surface area contributed by atoms with E-state index in [2.05, 4.69) is 11.6 Å². The molecular weight excluding hydrogens is 198 g/mol. The van der Waals surface area contributed by atoms with E-state index in [1.807, 2.05) is 6.07 Å². The van der Waals surface area contributed by atoms with Gasteiger partial charge < -0.3 is 4.74 Å². The largest absolute Gasteiger partial charge is 0.493 e. The molecule has 0 spiro atoms. The lowest BCUT2D eigenvalue weighted by atomic mass is 9.90. The fraction of sp³-hybridized carbons (Fsp3) is 0.500. The molecule has 1 aliphatic rings. The summed E-state index contributed by atoms with van der Waals surface area (Å²) in [5, 5.41) is 0. The molecule has 1 aromatic rings. The fourth-order valence-electron chi connectivity index (χ4n) is 2.24. The van der Waals surface area contributed by atoms with Crippen molar-refractivity contribution in [1.82, 2.24) is 4.98 Å². The van der Waals surface area contributed by atoms with Crippen molar-refractivity contribution in [2.75, 3.05) is 6.61 Å². The lowest BCUT2D eigenvalue weighted by Crippen LogP contribution is -2.15. The van der Waals surface area contributed by atoms with Crippen molar-refractivity contribution in [1.29, 1.82) is 0 Å². The predicted molar refractivity (Wildman–Crippen MR) is 66.4 cm³/mol. The number of pyridine rings is 1. The van der Waals surface area contributed by atoms with Crippen LogP contribution < -0.4 is 4.74 Å². The van der Waals surface area contributed by atoms with E-state index >= 15 is 0 Å². The van der Waals surface area contributed by atoms with E-state index in [1.54, 1.807) is 18.5 Å². The van der Waals surface area contributed by atoms with Crippen molar-refractivity contribution in [2.24, 2.45) is 5.92 Å². The summed E-state index contributed by atoms with van der Waals surface area (Å²) in [6, 6.07) is 1.92. The maximum Gasteiger partial charge on any atom is 0.129 e. The van der Waals surface area contributed by atoms with Gasteiger partial charge in [-0.1, -0.05) is 31.9 Å². The first kappa shape index (κ1) is 11.2. The first-order valence-corrected chi connectivity index (χ1v) is 6.09. The molecule has 1 fully saturated rings. The first-order valence-electron chi connectivity index (χ1n) is 6.09. The zero-order valence-electron chi connectivity index (χ0n) is 9.69. The molecule has 0 N–H and O–H groups in total. The Morgan fingerprint density at radius 3 is 2.94 bits per heavy atom. The Kier molecular flexibility index (Phi) is 3.97. The first-order chi connectivity index (χ1) is 7.90. The number of hydrogen-bond donors (Lipinski definition) is 0. The van der Waals surface area contributed by atoms with Gasteiger partial charge in [-0.2, -0.15) is 0 Å². The molecule has 2 nitrogen and oxygen atoms in total. The summed E-state index contributed by atoms with van der Waals surface area (Å²) in [5.41, 5.74) is 0.985. The van der Waals surface area contributed by atoms with Crippen LogP contribution in [0.3, 0.4) is 0 Å². The Labute approximate surface area is 97.4 Å². The summed E-state index contributed by atoms with van der Waals surface area (Å²) < 4.78 is 5.86. The van der Waals surface area contributed by atoms with Crippen LogP contribution in [-0.4, -0.2) is 11.6 Å². The minimum absolute atomic E-state index is 0.736. The van der Waals surface area contributed by atoms with E-state index in [9.17, 15) is 0 Å². The van der Waals surface area contributed by atoms with Crippen LogP contribution in [-0.2, 0) is 0 Å². The molecule has 2 rings (SSSR count). The number of hydrogen-bond acceptors (Lipinski definition) is 2. The van der Waals surface area contributed by atoms with Crippen molar-refractivity contribution >= 4 is 6.08 Å². The van der Waals surface area contributed by atoms with Crippen LogP contribution in [0.25, 0.3) is 6.08 Å². The van der Waals surface area contributed by atoms with Crippen molar-refractivity contribution in [3.63, 3.8) is 0 Å². The Bertz CT molecular complexity index is 342. The van der Waals surface area contributed by atoms with Crippen molar-refractivity contribution in [3.05, 3.63) is 30.6 Å². The fourth-order valence-corrected chi connectivity index (χ4v) is 2.24. The lowest BCUT2D eigenvalue weighted by molar-refractivity contribution is 0.208. The molecule has 1 aromatic heterocycles. The summed E-state index contributed by atoms with van der Waals surface area (Å²) in [6.45, 7) is 4.60. The summed E-state index contributed by atoms with van der Waals surface area (Å²) in [5.74, 6) is 1.65. The van der Waals surface area contributed by atoms with Crippen LogP contribution >= 0.6 is 0 Å². The van der Waals surface area contributed by atoms with Crippen LogP contribution in [0.1, 0.15) is 37.7 Å². The monoisotopic (exact) mass is 217 g/mol. The van der Waals surface area contributed by atoms with E-state index in [1.165, 1.54) is 32.1 Å². The number of aromatic nitrogens is 1. The van der Waals surface area contributed by atoms with Gasteiger partial charge in [0.1, 0.15) is 5.75 Å². The van der Waals surface area contributed by atoms with Gasteiger partial charge in [-0.05, 0) is 24.8 Å². The van der Waals surface area contributed by atoms with Gasteiger partial charge in [-0.25, -0.2) is 0 Å². The molecule has 0 atom stereocenters. The Balaban J connectivity index is 1.90. The summed E-state index contributed by atoms with van der Waals surface area (Å²) in [4.78, 5) is 4.06. The van der Waals surface area contributed by atoms with Gasteiger partial charge >= 0.3 is 0 Å². The van der Waals surface area contributed by atoms with Crippen molar-refractivity contribution in [3.8, 4) is 5.75 Å². The highest BCUT2D eigenvalue weighted by Gasteiger charge is 2.14. The van der Waals surface area contributed by atoms with E-state index in [-0.39, 0.29) is 0 Å². The Morgan fingerprint density at radius 1 is 1.38 bits per heavy atom. The number of rotatable bonds is 4. The van der Waals surface area contributed by atoms with Gasteiger partial charge in [-0.15, -0.1) is 0 Å². The van der Waals surface area contributed by atoms with Crippen LogP contribution in [0.2, 0.25) is 0 Å². The average Bonchev–Trinajstić information content (AvgIpc) is 2.38. The summed E-state index contributed by atoms with van der Waals surface area (Å²) in [7, 11) is 0. The minimum atomic E-state index is 0.736. The van der Waals surface area contributed by atoms with E-state index in [0.29, 0.717) is 0 Å². The second-order valence-corrected chi connectivity index (χ2v) is 4.43. The van der Waals surface area contributed by atoms with Gasteiger partial charge in [0.15, 0.2) is 0 Å². The van der Waals surface area contributed by atoms with E-state index < -0.39 is 0 Å². The molecule has 0 unspecified atom stereocenters. The standard InChI is InChI=1S/C14H19NO/c1-2-13-10-15-9-8-14(13)16-11-12-6-4-3-5-7-12/h2,8-10,12H,1,3-7,11H2. The zero-order chi connectivity index (χ0) is 11.2. The third-order valence-electron chi connectivity index (χ3n) is 3.23. The average molecular weight is 217 g/mol. The number of nitrogens with zero attached hydrogens (tertiary/aromatic N) is 1. The third kappa shape index (κ3) is 2.84. The van der Waals surface area contributed by atoms with Gasteiger partial charge in [0.2, 0.25) is 0 Å². The highest BCUT2D eigenvalue weighted by molar-refractivity contribution is 5.53. The molecular formula is C14H19NO. The molecule has 0 amide bonds. The van der Waals surface area contributed by atoms with E-state index in [0.717, 1.165) is 23.8 Å². The lowest BCUT2D eigenvalue weighted by Gasteiger charge is -2.22. The number of ether oxygens (including phenoxy) is 1. The maximum atomic E-state index is 5.86. The molecule has 0 radical (unpaired) electrons. The molecule has 0 aliphatic heterocycles. The van der Waals surface area contributed by atoms with Crippen molar-refractivity contribution < 1.29 is 4.74 Å². The van der Waals surface area contributed by atoms with Crippen LogP contribution in [0.4, 0.5) is 0 Å². The SMILES string of the molecule is C=Cc1cnccc1OCC1CCCCC1. The van der Waals surface area contributed by atoms with Gasteiger partial charge in [0, 0.05) is 18.0 Å².